The van der Waals surface area contributed by atoms with Gasteiger partial charge in [-0.2, -0.15) is 0 Å². The predicted octanol–water partition coefficient (Wildman–Crippen LogP) is 1.19. The molecule has 1 saturated heterocycles. The highest BCUT2D eigenvalue weighted by Crippen LogP contribution is 2.28. The van der Waals surface area contributed by atoms with Crippen molar-refractivity contribution in [1.82, 2.24) is 19.7 Å². The van der Waals surface area contributed by atoms with E-state index in [1.165, 1.54) is 6.20 Å². The summed E-state index contributed by atoms with van der Waals surface area (Å²) in [5, 5.41) is 0. The van der Waals surface area contributed by atoms with Crippen LogP contribution in [0.2, 0.25) is 0 Å². The Morgan fingerprint density at radius 2 is 1.74 bits per heavy atom. The predicted molar refractivity (Wildman–Crippen MR) is 103 cm³/mol. The van der Waals surface area contributed by atoms with Crippen LogP contribution < -0.4 is 14.5 Å². The van der Waals surface area contributed by atoms with E-state index in [2.05, 4.69) is 29.5 Å². The van der Waals surface area contributed by atoms with E-state index in [1.807, 2.05) is 13.0 Å². The minimum absolute atomic E-state index is 0.224. The number of aryl methyl sites for hydroxylation is 1. The second kappa shape index (κ2) is 7.40. The van der Waals surface area contributed by atoms with Crippen LogP contribution in [0.1, 0.15) is 18.7 Å². The standard InChI is InChI=1S/C18H24N6O2S/c1-14-19-7-6-18(22-14)24-10-8-23(9-11-24)17-5-4-16(13-20-17)27(25,26)21-12-15-2-3-15/h4-7,13,15,21H,2-3,8-12H2,1H3. The van der Waals surface area contributed by atoms with Gasteiger partial charge in [0.05, 0.1) is 0 Å². The van der Waals surface area contributed by atoms with Crippen LogP contribution in [-0.4, -0.2) is 56.1 Å². The van der Waals surface area contributed by atoms with E-state index in [1.54, 1.807) is 18.3 Å². The van der Waals surface area contributed by atoms with Crippen LogP contribution in [0.15, 0.2) is 35.5 Å². The Labute approximate surface area is 159 Å². The van der Waals surface area contributed by atoms with Gasteiger partial charge >= 0.3 is 0 Å². The molecular formula is C18H24N6O2S. The average Bonchev–Trinajstić information content (AvgIpc) is 3.51. The first-order valence-electron chi connectivity index (χ1n) is 9.26. The lowest BCUT2D eigenvalue weighted by atomic mass is 10.3. The molecule has 9 heteroatoms. The van der Waals surface area contributed by atoms with E-state index in [0.717, 1.165) is 56.5 Å². The van der Waals surface area contributed by atoms with Gasteiger partial charge in [-0.1, -0.05) is 0 Å². The summed E-state index contributed by atoms with van der Waals surface area (Å²) >= 11 is 0. The fourth-order valence-corrected chi connectivity index (χ4v) is 4.20. The van der Waals surface area contributed by atoms with Crippen molar-refractivity contribution in [3.63, 3.8) is 0 Å². The summed E-state index contributed by atoms with van der Waals surface area (Å²) in [6.07, 6.45) is 5.45. The number of aromatic nitrogens is 3. The Morgan fingerprint density at radius 1 is 1.04 bits per heavy atom. The molecule has 1 N–H and O–H groups in total. The maximum Gasteiger partial charge on any atom is 0.242 e. The molecule has 3 heterocycles. The molecule has 1 saturated carbocycles. The van der Waals surface area contributed by atoms with Gasteiger partial charge in [-0.05, 0) is 43.9 Å². The van der Waals surface area contributed by atoms with Crippen molar-refractivity contribution in [2.24, 2.45) is 5.92 Å². The zero-order valence-electron chi connectivity index (χ0n) is 15.4. The normalized spacial score (nSPS) is 18.0. The van der Waals surface area contributed by atoms with Gasteiger partial charge < -0.3 is 9.80 Å². The zero-order chi connectivity index (χ0) is 18.9. The summed E-state index contributed by atoms with van der Waals surface area (Å²) in [5.41, 5.74) is 0. The van der Waals surface area contributed by atoms with Crippen molar-refractivity contribution in [3.8, 4) is 0 Å². The summed E-state index contributed by atoms with van der Waals surface area (Å²) in [7, 11) is -3.47. The van der Waals surface area contributed by atoms with Gasteiger partial charge in [0.2, 0.25) is 10.0 Å². The third kappa shape index (κ3) is 4.36. The molecule has 2 aliphatic rings. The SMILES string of the molecule is Cc1nccc(N2CCN(c3ccc(S(=O)(=O)NCC4CC4)cn3)CC2)n1. The van der Waals surface area contributed by atoms with Crippen LogP contribution in [0.4, 0.5) is 11.6 Å². The lowest BCUT2D eigenvalue weighted by Crippen LogP contribution is -2.47. The number of nitrogens with one attached hydrogen (secondary N) is 1. The number of piperazine rings is 1. The van der Waals surface area contributed by atoms with E-state index in [4.69, 9.17) is 0 Å². The molecule has 27 heavy (non-hydrogen) atoms. The molecule has 0 unspecified atom stereocenters. The van der Waals surface area contributed by atoms with E-state index in [-0.39, 0.29) is 4.90 Å². The molecule has 1 aliphatic carbocycles. The maximum absolute atomic E-state index is 12.3. The number of anilines is 2. The Morgan fingerprint density at radius 3 is 2.33 bits per heavy atom. The largest absolute Gasteiger partial charge is 0.353 e. The topological polar surface area (TPSA) is 91.3 Å². The highest BCUT2D eigenvalue weighted by molar-refractivity contribution is 7.89. The van der Waals surface area contributed by atoms with Crippen LogP contribution in [0, 0.1) is 12.8 Å². The molecule has 0 amide bonds. The summed E-state index contributed by atoms with van der Waals surface area (Å²) in [6.45, 7) is 5.69. The molecule has 144 valence electrons. The summed E-state index contributed by atoms with van der Waals surface area (Å²) < 4.78 is 27.3. The van der Waals surface area contributed by atoms with E-state index >= 15 is 0 Å². The molecule has 0 radical (unpaired) electrons. The van der Waals surface area contributed by atoms with Crippen LogP contribution in [-0.2, 0) is 10.0 Å². The van der Waals surface area contributed by atoms with Crippen molar-refractivity contribution in [3.05, 3.63) is 36.4 Å². The number of rotatable bonds is 6. The van der Waals surface area contributed by atoms with Gasteiger partial charge in [-0.3, -0.25) is 0 Å². The second-order valence-electron chi connectivity index (χ2n) is 7.08. The number of nitrogens with zero attached hydrogens (tertiary/aromatic N) is 5. The molecular weight excluding hydrogens is 364 g/mol. The Kier molecular flexibility index (Phi) is 4.96. The van der Waals surface area contributed by atoms with Gasteiger partial charge in [-0.15, -0.1) is 0 Å². The van der Waals surface area contributed by atoms with Crippen LogP contribution >= 0.6 is 0 Å². The quantitative estimate of drug-likeness (QED) is 0.795. The molecule has 8 nitrogen and oxygen atoms in total. The lowest BCUT2D eigenvalue weighted by molar-refractivity contribution is 0.577. The van der Waals surface area contributed by atoms with Crippen molar-refractivity contribution in [2.45, 2.75) is 24.7 Å². The minimum Gasteiger partial charge on any atom is -0.353 e. The molecule has 4 rings (SSSR count). The fraction of sp³-hybridized carbons (Fsp3) is 0.500. The number of sulfonamides is 1. The highest BCUT2D eigenvalue weighted by atomic mass is 32.2. The lowest BCUT2D eigenvalue weighted by Gasteiger charge is -2.36. The van der Waals surface area contributed by atoms with Crippen molar-refractivity contribution in [2.75, 3.05) is 42.5 Å². The molecule has 1 aliphatic heterocycles. The Hall–Kier alpha value is -2.26. The van der Waals surface area contributed by atoms with Crippen molar-refractivity contribution >= 4 is 21.7 Å². The minimum atomic E-state index is -3.47. The number of hydrogen-bond donors (Lipinski definition) is 1. The second-order valence-corrected chi connectivity index (χ2v) is 8.85. The third-order valence-corrected chi connectivity index (χ3v) is 6.39. The van der Waals surface area contributed by atoms with Crippen LogP contribution in [0.5, 0.6) is 0 Å². The van der Waals surface area contributed by atoms with Gasteiger partial charge in [0.1, 0.15) is 22.4 Å². The molecule has 0 spiro atoms. The van der Waals surface area contributed by atoms with Crippen LogP contribution in [0.3, 0.4) is 0 Å². The first-order chi connectivity index (χ1) is 13.0. The Balaban J connectivity index is 1.37. The van der Waals surface area contributed by atoms with Crippen molar-refractivity contribution in [1.29, 1.82) is 0 Å². The summed E-state index contributed by atoms with van der Waals surface area (Å²) in [6, 6.07) is 5.35. The van der Waals surface area contributed by atoms with Gasteiger partial charge in [0.25, 0.3) is 0 Å². The molecule has 2 fully saturated rings. The summed E-state index contributed by atoms with van der Waals surface area (Å²) in [5.74, 6) is 3.01. The average molecular weight is 388 g/mol. The molecule has 0 aromatic carbocycles. The zero-order valence-corrected chi connectivity index (χ0v) is 16.2. The first-order valence-corrected chi connectivity index (χ1v) is 10.7. The fourth-order valence-electron chi connectivity index (χ4n) is 3.14. The monoisotopic (exact) mass is 388 g/mol. The molecule has 0 atom stereocenters. The highest BCUT2D eigenvalue weighted by Gasteiger charge is 2.25. The van der Waals surface area contributed by atoms with Gasteiger partial charge in [-0.25, -0.2) is 28.1 Å². The van der Waals surface area contributed by atoms with Gasteiger partial charge in [0.15, 0.2) is 0 Å². The summed E-state index contributed by atoms with van der Waals surface area (Å²) in [4.78, 5) is 17.6. The third-order valence-electron chi connectivity index (χ3n) is 4.98. The first kappa shape index (κ1) is 18.1. The van der Waals surface area contributed by atoms with E-state index < -0.39 is 10.0 Å². The van der Waals surface area contributed by atoms with Gasteiger partial charge in [0, 0.05) is 45.1 Å². The maximum atomic E-state index is 12.3. The smallest absolute Gasteiger partial charge is 0.242 e. The van der Waals surface area contributed by atoms with Crippen LogP contribution in [0.25, 0.3) is 0 Å². The number of pyridine rings is 1. The van der Waals surface area contributed by atoms with Crippen molar-refractivity contribution < 1.29 is 8.42 Å². The van der Waals surface area contributed by atoms with E-state index in [0.29, 0.717) is 12.5 Å². The Bertz CT molecular complexity index is 890. The molecule has 2 aromatic heterocycles. The van der Waals surface area contributed by atoms with E-state index in [9.17, 15) is 8.42 Å². The molecule has 2 aromatic rings. The molecule has 0 bridgehead atoms. The number of hydrogen-bond acceptors (Lipinski definition) is 7.